The zero-order valence-electron chi connectivity index (χ0n) is 11.1. The standard InChI is InChI=1S/C13H17BrN2O4/c1-9(20-11-4-2-3-10(14)7-11)8-16-13(19)15-6-5-12(17)18/h2-4,7,9H,5-6,8H2,1H3,(H,17,18)(H2,15,16,19). The summed E-state index contributed by atoms with van der Waals surface area (Å²) in [6.07, 6.45) is -0.299. The van der Waals surface area contributed by atoms with Crippen molar-refractivity contribution in [2.75, 3.05) is 13.1 Å². The van der Waals surface area contributed by atoms with E-state index in [9.17, 15) is 9.59 Å². The minimum Gasteiger partial charge on any atom is -0.489 e. The number of carboxylic acid groups (broad SMARTS) is 1. The lowest BCUT2D eigenvalue weighted by Crippen LogP contribution is -2.41. The Morgan fingerprint density at radius 2 is 2.15 bits per heavy atom. The van der Waals surface area contributed by atoms with E-state index in [0.717, 1.165) is 4.47 Å². The van der Waals surface area contributed by atoms with Gasteiger partial charge in [-0.05, 0) is 25.1 Å². The molecule has 2 amide bonds. The predicted molar refractivity (Wildman–Crippen MR) is 77.9 cm³/mol. The van der Waals surface area contributed by atoms with Crippen molar-refractivity contribution < 1.29 is 19.4 Å². The van der Waals surface area contributed by atoms with Crippen molar-refractivity contribution in [3.63, 3.8) is 0 Å². The molecule has 1 unspecified atom stereocenters. The fraction of sp³-hybridized carbons (Fsp3) is 0.385. The fourth-order valence-corrected chi connectivity index (χ4v) is 1.77. The van der Waals surface area contributed by atoms with E-state index in [0.29, 0.717) is 12.3 Å². The van der Waals surface area contributed by atoms with E-state index in [1.807, 2.05) is 31.2 Å². The van der Waals surface area contributed by atoms with Crippen LogP contribution in [0, 0.1) is 0 Å². The van der Waals surface area contributed by atoms with E-state index in [1.54, 1.807) is 0 Å². The van der Waals surface area contributed by atoms with Crippen LogP contribution in [-0.2, 0) is 4.79 Å². The average Bonchev–Trinajstić information content (AvgIpc) is 2.36. The molecule has 6 nitrogen and oxygen atoms in total. The van der Waals surface area contributed by atoms with Crippen LogP contribution < -0.4 is 15.4 Å². The van der Waals surface area contributed by atoms with Crippen LogP contribution in [0.25, 0.3) is 0 Å². The molecular formula is C13H17BrN2O4. The van der Waals surface area contributed by atoms with Crippen molar-refractivity contribution in [3.8, 4) is 5.75 Å². The first-order valence-corrected chi connectivity index (χ1v) is 6.92. The number of carboxylic acids is 1. The highest BCUT2D eigenvalue weighted by Gasteiger charge is 2.07. The smallest absolute Gasteiger partial charge is 0.314 e. The molecule has 3 N–H and O–H groups in total. The van der Waals surface area contributed by atoms with Crippen molar-refractivity contribution in [2.24, 2.45) is 0 Å². The number of carbonyl (C=O) groups is 2. The number of hydrogen-bond acceptors (Lipinski definition) is 3. The van der Waals surface area contributed by atoms with Gasteiger partial charge in [0.25, 0.3) is 0 Å². The van der Waals surface area contributed by atoms with Crippen LogP contribution in [-0.4, -0.2) is 36.3 Å². The van der Waals surface area contributed by atoms with Crippen molar-refractivity contribution in [1.82, 2.24) is 10.6 Å². The summed E-state index contributed by atoms with van der Waals surface area (Å²) in [4.78, 5) is 21.6. The first-order valence-electron chi connectivity index (χ1n) is 6.13. The van der Waals surface area contributed by atoms with Crippen LogP contribution in [0.15, 0.2) is 28.7 Å². The largest absolute Gasteiger partial charge is 0.489 e. The second kappa shape index (κ2) is 8.42. The first kappa shape index (κ1) is 16.3. The third kappa shape index (κ3) is 6.98. The molecule has 110 valence electrons. The van der Waals surface area contributed by atoms with Crippen molar-refractivity contribution in [1.29, 1.82) is 0 Å². The molecule has 20 heavy (non-hydrogen) atoms. The molecule has 0 spiro atoms. The molecule has 1 aromatic rings. The summed E-state index contributed by atoms with van der Waals surface area (Å²) in [5.74, 6) is -0.239. The highest BCUT2D eigenvalue weighted by atomic mass is 79.9. The molecule has 0 fully saturated rings. The number of rotatable bonds is 7. The number of carbonyl (C=O) groups excluding carboxylic acids is 1. The molecule has 0 saturated carbocycles. The van der Waals surface area contributed by atoms with Crippen molar-refractivity contribution in [2.45, 2.75) is 19.4 Å². The number of nitrogens with one attached hydrogen (secondary N) is 2. The minimum absolute atomic E-state index is 0.0992. The maximum Gasteiger partial charge on any atom is 0.314 e. The summed E-state index contributed by atoms with van der Waals surface area (Å²) in [5, 5.41) is 13.5. The van der Waals surface area contributed by atoms with Crippen LogP contribution in [0.1, 0.15) is 13.3 Å². The van der Waals surface area contributed by atoms with Gasteiger partial charge in [-0.25, -0.2) is 4.79 Å². The third-order valence-corrected chi connectivity index (χ3v) is 2.80. The Morgan fingerprint density at radius 1 is 1.40 bits per heavy atom. The second-order valence-electron chi connectivity index (χ2n) is 4.17. The van der Waals surface area contributed by atoms with Crippen LogP contribution >= 0.6 is 15.9 Å². The van der Waals surface area contributed by atoms with Crippen molar-refractivity contribution >= 4 is 27.9 Å². The number of urea groups is 1. The van der Waals surface area contributed by atoms with Gasteiger partial charge in [-0.15, -0.1) is 0 Å². The number of benzene rings is 1. The van der Waals surface area contributed by atoms with Crippen LogP contribution in [0.2, 0.25) is 0 Å². The molecule has 0 heterocycles. The third-order valence-electron chi connectivity index (χ3n) is 2.31. The molecule has 1 atom stereocenters. The van der Waals surface area contributed by atoms with Crippen molar-refractivity contribution in [3.05, 3.63) is 28.7 Å². The molecule has 7 heteroatoms. The molecule has 0 radical (unpaired) electrons. The SMILES string of the molecule is CC(CNC(=O)NCCC(=O)O)Oc1cccc(Br)c1. The summed E-state index contributed by atoms with van der Waals surface area (Å²) < 4.78 is 6.54. The van der Waals surface area contributed by atoms with Crippen LogP contribution in [0.3, 0.4) is 0 Å². The van der Waals surface area contributed by atoms with Crippen LogP contribution in [0.5, 0.6) is 5.75 Å². The number of halogens is 1. The average molecular weight is 345 g/mol. The lowest BCUT2D eigenvalue weighted by molar-refractivity contribution is -0.136. The predicted octanol–water partition coefficient (Wildman–Crippen LogP) is 1.99. The second-order valence-corrected chi connectivity index (χ2v) is 5.08. The molecule has 1 aromatic carbocycles. The van der Waals surface area contributed by atoms with Gasteiger partial charge in [0, 0.05) is 11.0 Å². The van der Waals surface area contributed by atoms with Gasteiger partial charge in [0.1, 0.15) is 11.9 Å². The number of amides is 2. The minimum atomic E-state index is -0.948. The summed E-state index contributed by atoms with van der Waals surface area (Å²) in [6.45, 7) is 2.26. The van der Waals surface area contributed by atoms with E-state index in [4.69, 9.17) is 9.84 Å². The lowest BCUT2D eigenvalue weighted by Gasteiger charge is -2.15. The molecule has 1 rings (SSSR count). The molecule has 0 aliphatic carbocycles. The monoisotopic (exact) mass is 344 g/mol. The lowest BCUT2D eigenvalue weighted by atomic mass is 10.3. The van der Waals surface area contributed by atoms with Gasteiger partial charge < -0.3 is 20.5 Å². The highest BCUT2D eigenvalue weighted by molar-refractivity contribution is 9.10. The maximum atomic E-state index is 11.4. The molecule has 0 aliphatic rings. The van der Waals surface area contributed by atoms with E-state index < -0.39 is 12.0 Å². The Kier molecular flexibility index (Phi) is 6.86. The van der Waals surface area contributed by atoms with Gasteiger partial charge in [0.15, 0.2) is 0 Å². The van der Waals surface area contributed by atoms with Crippen LogP contribution in [0.4, 0.5) is 4.79 Å². The van der Waals surface area contributed by atoms with Gasteiger partial charge in [0.05, 0.1) is 13.0 Å². The van der Waals surface area contributed by atoms with Gasteiger partial charge in [-0.2, -0.15) is 0 Å². The van der Waals surface area contributed by atoms with Gasteiger partial charge in [0.2, 0.25) is 0 Å². The Balaban J connectivity index is 2.24. The summed E-state index contributed by atoms with van der Waals surface area (Å²) in [7, 11) is 0. The Hall–Kier alpha value is -1.76. The topological polar surface area (TPSA) is 87.7 Å². The molecule has 0 aliphatic heterocycles. The molecule has 0 bridgehead atoms. The summed E-state index contributed by atoms with van der Waals surface area (Å²) in [5.41, 5.74) is 0. The van der Waals surface area contributed by atoms with Gasteiger partial charge in [-0.1, -0.05) is 22.0 Å². The summed E-state index contributed by atoms with van der Waals surface area (Å²) in [6, 6.07) is 7.01. The number of aliphatic carboxylic acids is 1. The van der Waals surface area contributed by atoms with E-state index in [1.165, 1.54) is 0 Å². The maximum absolute atomic E-state index is 11.4. The normalized spacial score (nSPS) is 11.5. The van der Waals surface area contributed by atoms with Gasteiger partial charge in [-0.3, -0.25) is 4.79 Å². The van der Waals surface area contributed by atoms with E-state index in [-0.39, 0.29) is 19.1 Å². The first-order chi connectivity index (χ1) is 9.47. The Labute approximate surface area is 125 Å². The molecule has 0 saturated heterocycles. The Bertz CT molecular complexity index is 467. The Morgan fingerprint density at radius 3 is 2.80 bits per heavy atom. The number of hydrogen-bond donors (Lipinski definition) is 3. The molecule has 0 aromatic heterocycles. The van der Waals surface area contributed by atoms with E-state index >= 15 is 0 Å². The van der Waals surface area contributed by atoms with E-state index in [2.05, 4.69) is 26.6 Å². The quantitative estimate of drug-likeness (QED) is 0.705. The zero-order valence-corrected chi connectivity index (χ0v) is 12.6. The van der Waals surface area contributed by atoms with Gasteiger partial charge >= 0.3 is 12.0 Å². The highest BCUT2D eigenvalue weighted by Crippen LogP contribution is 2.18. The fourth-order valence-electron chi connectivity index (χ4n) is 1.40. The molecular weight excluding hydrogens is 328 g/mol. The summed E-state index contributed by atoms with van der Waals surface area (Å²) >= 11 is 3.35. The zero-order chi connectivity index (χ0) is 15.0. The number of ether oxygens (including phenoxy) is 1.